The number of hydrogen-bond acceptors (Lipinski definition) is 5. The molecular weight excluding hydrogens is 544 g/mol. The molecule has 8 nitrogen and oxygen atoms in total. The van der Waals surface area contributed by atoms with E-state index < -0.39 is 54.8 Å². The second-order valence-electron chi connectivity index (χ2n) is 10.5. The van der Waals surface area contributed by atoms with Gasteiger partial charge in [-0.2, -0.15) is 0 Å². The number of ether oxygens (including phenoxy) is 1. The smallest absolute Gasteiger partial charge is 0.267 e. The van der Waals surface area contributed by atoms with Gasteiger partial charge in [-0.3, -0.25) is 14.4 Å². The highest BCUT2D eigenvalue weighted by Gasteiger charge is 2.51. The molecule has 3 aromatic rings. The van der Waals surface area contributed by atoms with Gasteiger partial charge in [0.1, 0.15) is 11.8 Å². The first-order chi connectivity index (χ1) is 20.0. The van der Waals surface area contributed by atoms with Crippen molar-refractivity contribution in [2.45, 2.75) is 57.3 Å². The average Bonchev–Trinajstić information content (AvgIpc) is 3.31. The van der Waals surface area contributed by atoms with Gasteiger partial charge in [0.25, 0.3) is 17.7 Å². The van der Waals surface area contributed by atoms with Crippen LogP contribution in [-0.4, -0.2) is 65.0 Å². The summed E-state index contributed by atoms with van der Waals surface area (Å²) in [6.07, 6.45) is -2.73. The van der Waals surface area contributed by atoms with E-state index in [-0.39, 0.29) is 19.6 Å². The molecule has 0 bridgehead atoms. The van der Waals surface area contributed by atoms with Crippen molar-refractivity contribution in [3.05, 3.63) is 101 Å². The molecule has 222 valence electrons. The molecule has 42 heavy (non-hydrogen) atoms. The summed E-state index contributed by atoms with van der Waals surface area (Å²) >= 11 is 0. The third-order valence-corrected chi connectivity index (χ3v) is 7.30. The third-order valence-electron chi connectivity index (χ3n) is 7.30. The normalized spacial score (nSPS) is 17.3. The molecule has 0 aliphatic carbocycles. The Labute approximate surface area is 243 Å². The summed E-state index contributed by atoms with van der Waals surface area (Å²) in [4.78, 5) is 40.1. The lowest BCUT2D eigenvalue weighted by molar-refractivity contribution is -0.147. The zero-order valence-electron chi connectivity index (χ0n) is 23.6. The van der Waals surface area contributed by atoms with Crippen LogP contribution in [0.15, 0.2) is 78.9 Å². The van der Waals surface area contributed by atoms with Gasteiger partial charge >= 0.3 is 0 Å². The van der Waals surface area contributed by atoms with E-state index in [1.165, 1.54) is 0 Å². The second kappa shape index (κ2) is 13.6. The molecule has 1 heterocycles. The summed E-state index contributed by atoms with van der Waals surface area (Å²) < 4.78 is 34.7. The Morgan fingerprint density at radius 3 is 2.31 bits per heavy atom. The molecule has 1 fully saturated rings. The van der Waals surface area contributed by atoms with E-state index in [1.54, 1.807) is 48.5 Å². The first kappa shape index (κ1) is 30.6. The SMILES string of the molecule is Cc1ccccc1CNC(=O)C1CC(F)(F)CN1C(=O)C(O)C(Cc1ccccc1)NC(=O)COc1ccccc1C. The van der Waals surface area contributed by atoms with Gasteiger partial charge in [-0.15, -0.1) is 0 Å². The molecule has 10 heteroatoms. The summed E-state index contributed by atoms with van der Waals surface area (Å²) in [7, 11) is 0. The minimum absolute atomic E-state index is 0.0399. The number of carbonyl (C=O) groups excluding carboxylic acids is 3. The van der Waals surface area contributed by atoms with Crippen LogP contribution < -0.4 is 15.4 Å². The molecule has 1 aliphatic heterocycles. The van der Waals surface area contributed by atoms with Crippen molar-refractivity contribution in [2.24, 2.45) is 0 Å². The van der Waals surface area contributed by atoms with Crippen LogP contribution >= 0.6 is 0 Å². The zero-order chi connectivity index (χ0) is 30.3. The number of aliphatic hydroxyl groups excluding tert-OH is 1. The van der Waals surface area contributed by atoms with Crippen molar-refractivity contribution in [1.29, 1.82) is 0 Å². The Balaban J connectivity index is 1.48. The van der Waals surface area contributed by atoms with Crippen LogP contribution in [0.3, 0.4) is 0 Å². The van der Waals surface area contributed by atoms with Gasteiger partial charge in [-0.05, 0) is 48.6 Å². The van der Waals surface area contributed by atoms with Crippen molar-refractivity contribution in [3.8, 4) is 5.75 Å². The van der Waals surface area contributed by atoms with Gasteiger partial charge in [0.15, 0.2) is 12.7 Å². The molecule has 4 rings (SSSR count). The Morgan fingerprint density at radius 1 is 0.976 bits per heavy atom. The molecule has 1 saturated heterocycles. The molecule has 3 N–H and O–H groups in total. The van der Waals surface area contributed by atoms with E-state index in [9.17, 15) is 28.3 Å². The van der Waals surface area contributed by atoms with Crippen LogP contribution in [0.25, 0.3) is 0 Å². The maximum Gasteiger partial charge on any atom is 0.267 e. The molecule has 3 amide bonds. The summed E-state index contributed by atoms with van der Waals surface area (Å²) in [6.45, 7) is 2.39. The number of alkyl halides is 2. The molecule has 3 aromatic carbocycles. The van der Waals surface area contributed by atoms with Crippen LogP contribution in [0.2, 0.25) is 0 Å². The lowest BCUT2D eigenvalue weighted by Crippen LogP contribution is -2.56. The zero-order valence-corrected chi connectivity index (χ0v) is 23.6. The minimum atomic E-state index is -3.32. The fraction of sp³-hybridized carbons (Fsp3) is 0.344. The van der Waals surface area contributed by atoms with E-state index in [1.807, 2.05) is 44.2 Å². The van der Waals surface area contributed by atoms with Gasteiger partial charge in [0.05, 0.1) is 12.6 Å². The number of likely N-dealkylation sites (tertiary alicyclic amines) is 1. The maximum absolute atomic E-state index is 14.6. The Kier molecular flexibility index (Phi) is 9.90. The van der Waals surface area contributed by atoms with Crippen molar-refractivity contribution >= 4 is 17.7 Å². The van der Waals surface area contributed by atoms with Crippen LogP contribution in [-0.2, 0) is 27.3 Å². The Morgan fingerprint density at radius 2 is 1.62 bits per heavy atom. The monoisotopic (exact) mass is 579 g/mol. The van der Waals surface area contributed by atoms with E-state index in [0.29, 0.717) is 16.2 Å². The summed E-state index contributed by atoms with van der Waals surface area (Å²) in [6, 6.07) is 20.6. The first-order valence-corrected chi connectivity index (χ1v) is 13.7. The number of nitrogens with zero attached hydrogens (tertiary/aromatic N) is 1. The third kappa shape index (κ3) is 7.91. The Bertz CT molecular complexity index is 1400. The summed E-state index contributed by atoms with van der Waals surface area (Å²) in [5.74, 6) is -5.23. The minimum Gasteiger partial charge on any atom is -0.484 e. The van der Waals surface area contributed by atoms with E-state index >= 15 is 0 Å². The van der Waals surface area contributed by atoms with Crippen LogP contribution in [0, 0.1) is 13.8 Å². The molecule has 0 radical (unpaired) electrons. The van der Waals surface area contributed by atoms with Crippen molar-refractivity contribution in [2.75, 3.05) is 13.2 Å². The Hall–Kier alpha value is -4.31. The van der Waals surface area contributed by atoms with E-state index in [2.05, 4.69) is 10.6 Å². The predicted octanol–water partition coefficient (Wildman–Crippen LogP) is 3.32. The van der Waals surface area contributed by atoms with Crippen molar-refractivity contribution < 1.29 is 33.0 Å². The highest BCUT2D eigenvalue weighted by Crippen LogP contribution is 2.33. The van der Waals surface area contributed by atoms with Gasteiger partial charge in [0, 0.05) is 13.0 Å². The summed E-state index contributed by atoms with van der Waals surface area (Å²) in [5, 5.41) is 16.4. The number of amides is 3. The number of aliphatic hydroxyl groups is 1. The van der Waals surface area contributed by atoms with Gasteiger partial charge < -0.3 is 25.4 Å². The van der Waals surface area contributed by atoms with Gasteiger partial charge in [0.2, 0.25) is 5.91 Å². The molecule has 0 saturated carbocycles. The van der Waals surface area contributed by atoms with Gasteiger partial charge in [-0.25, -0.2) is 8.78 Å². The molecule has 0 spiro atoms. The number of benzene rings is 3. The largest absolute Gasteiger partial charge is 0.484 e. The van der Waals surface area contributed by atoms with E-state index in [0.717, 1.165) is 16.7 Å². The van der Waals surface area contributed by atoms with Crippen molar-refractivity contribution in [1.82, 2.24) is 15.5 Å². The van der Waals surface area contributed by atoms with E-state index in [4.69, 9.17) is 4.74 Å². The lowest BCUT2D eigenvalue weighted by atomic mass is 9.99. The van der Waals surface area contributed by atoms with Crippen molar-refractivity contribution in [3.63, 3.8) is 0 Å². The highest BCUT2D eigenvalue weighted by molar-refractivity contribution is 5.91. The number of aryl methyl sites for hydroxylation is 2. The number of hydrogen-bond donors (Lipinski definition) is 3. The quantitative estimate of drug-likeness (QED) is 0.323. The molecular formula is C32H35F2N3O5. The number of halogens is 2. The highest BCUT2D eigenvalue weighted by atomic mass is 19.3. The fourth-order valence-corrected chi connectivity index (χ4v) is 4.95. The maximum atomic E-state index is 14.6. The van der Waals surface area contributed by atoms with Crippen LogP contribution in [0.1, 0.15) is 28.7 Å². The topological polar surface area (TPSA) is 108 Å². The predicted molar refractivity (Wildman–Crippen MR) is 153 cm³/mol. The lowest BCUT2D eigenvalue weighted by Gasteiger charge is -2.30. The molecule has 1 aliphatic rings. The van der Waals surface area contributed by atoms with Crippen LogP contribution in [0.5, 0.6) is 5.75 Å². The summed E-state index contributed by atoms with van der Waals surface area (Å²) in [5.41, 5.74) is 3.26. The second-order valence-corrected chi connectivity index (χ2v) is 10.5. The fourth-order valence-electron chi connectivity index (χ4n) is 4.95. The standard InChI is InChI=1S/C32H35F2N3O5/c1-21-10-6-8-14-24(21)18-35-30(40)26-17-32(33,34)20-37(26)31(41)29(39)25(16-23-12-4-3-5-13-23)36-28(38)19-42-27-15-9-7-11-22(27)2/h3-15,25-26,29,39H,16-20H2,1-2H3,(H,35,40)(H,36,38). The average molecular weight is 580 g/mol. The van der Waals surface area contributed by atoms with Crippen LogP contribution in [0.4, 0.5) is 8.78 Å². The molecule has 3 unspecified atom stereocenters. The number of para-hydroxylation sites is 1. The molecule has 0 aromatic heterocycles. The number of rotatable bonds is 11. The number of nitrogens with one attached hydrogen (secondary N) is 2. The number of carbonyl (C=O) groups is 3. The first-order valence-electron chi connectivity index (χ1n) is 13.7. The van der Waals surface area contributed by atoms with Gasteiger partial charge in [-0.1, -0.05) is 72.8 Å². The molecule has 3 atom stereocenters.